The number of rotatable bonds is 6. The van der Waals surface area contributed by atoms with Crippen LogP contribution in [0.2, 0.25) is 0 Å². The zero-order chi connectivity index (χ0) is 20.2. The van der Waals surface area contributed by atoms with Gasteiger partial charge in [-0.3, -0.25) is 14.4 Å². The van der Waals surface area contributed by atoms with Gasteiger partial charge < -0.3 is 14.2 Å². The molecule has 0 saturated heterocycles. The monoisotopic (exact) mass is 376 g/mol. The number of allylic oxidation sites excluding steroid dienone is 4. The number of methoxy groups -OCH3 is 2. The van der Waals surface area contributed by atoms with E-state index in [9.17, 15) is 14.4 Å². The van der Waals surface area contributed by atoms with Gasteiger partial charge in [-0.1, -0.05) is 37.1 Å². The number of esters is 3. The minimum absolute atomic E-state index is 0.150. The molecule has 0 N–H and O–H groups in total. The molecule has 0 unspecified atom stereocenters. The average Bonchev–Trinajstić information content (AvgIpc) is 3.00. The van der Waals surface area contributed by atoms with Gasteiger partial charge in [0.15, 0.2) is 5.41 Å². The normalized spacial score (nSPS) is 26.0. The van der Waals surface area contributed by atoms with E-state index in [-0.39, 0.29) is 5.92 Å². The van der Waals surface area contributed by atoms with Crippen LogP contribution >= 0.6 is 0 Å². The predicted molar refractivity (Wildman–Crippen MR) is 99.5 cm³/mol. The Morgan fingerprint density at radius 1 is 1.15 bits per heavy atom. The van der Waals surface area contributed by atoms with Crippen molar-refractivity contribution < 1.29 is 28.6 Å². The zero-order valence-corrected chi connectivity index (χ0v) is 16.6. The molecule has 0 saturated carbocycles. The van der Waals surface area contributed by atoms with Crippen molar-refractivity contribution in [3.63, 3.8) is 0 Å². The van der Waals surface area contributed by atoms with E-state index >= 15 is 0 Å². The highest BCUT2D eigenvalue weighted by Gasteiger charge is 2.60. The third-order valence-electron chi connectivity index (χ3n) is 5.34. The Bertz CT molecular complexity index is 683. The van der Waals surface area contributed by atoms with Crippen molar-refractivity contribution in [1.82, 2.24) is 0 Å². The number of ether oxygens (including phenoxy) is 3. The summed E-state index contributed by atoms with van der Waals surface area (Å²) in [4.78, 5) is 36.9. The summed E-state index contributed by atoms with van der Waals surface area (Å²) in [6.07, 6.45) is 9.31. The molecule has 6 nitrogen and oxygen atoms in total. The molecule has 2 aliphatic carbocycles. The molecule has 2 aliphatic rings. The van der Waals surface area contributed by atoms with E-state index in [2.05, 4.69) is 13.0 Å². The van der Waals surface area contributed by atoms with Crippen LogP contribution in [0.1, 0.15) is 40.0 Å². The minimum atomic E-state index is -1.55. The number of hydrogen-bond acceptors (Lipinski definition) is 6. The van der Waals surface area contributed by atoms with Gasteiger partial charge in [-0.05, 0) is 31.4 Å². The summed E-state index contributed by atoms with van der Waals surface area (Å²) in [6.45, 7) is 5.41. The van der Waals surface area contributed by atoms with Crippen LogP contribution in [-0.2, 0) is 28.6 Å². The van der Waals surface area contributed by atoms with Gasteiger partial charge in [-0.25, -0.2) is 0 Å². The van der Waals surface area contributed by atoms with Gasteiger partial charge in [0.2, 0.25) is 0 Å². The van der Waals surface area contributed by atoms with Crippen molar-refractivity contribution in [2.45, 2.75) is 46.1 Å². The molecule has 3 atom stereocenters. The van der Waals surface area contributed by atoms with Crippen molar-refractivity contribution in [3.05, 3.63) is 35.5 Å². The third-order valence-corrected chi connectivity index (χ3v) is 5.34. The number of unbranched alkanes of at least 4 members (excludes halogenated alkanes) is 1. The SMILES string of the molecule is CCC/C=C(\C)C1=CC(C(=O)OC)(C(=O)OC)[C@@H]2C[C@@H](OC(C)=O)C=C[C@H]12. The first-order valence-corrected chi connectivity index (χ1v) is 9.24. The smallest absolute Gasteiger partial charge is 0.327 e. The lowest BCUT2D eigenvalue weighted by atomic mass is 9.69. The molecule has 0 aromatic carbocycles. The molecular formula is C21H28O6. The van der Waals surface area contributed by atoms with Crippen LogP contribution in [0, 0.1) is 17.3 Å². The van der Waals surface area contributed by atoms with Gasteiger partial charge in [0.05, 0.1) is 14.2 Å². The Kier molecular flexibility index (Phi) is 6.63. The van der Waals surface area contributed by atoms with Gasteiger partial charge in [0.1, 0.15) is 6.10 Å². The van der Waals surface area contributed by atoms with Crippen LogP contribution in [0.15, 0.2) is 35.5 Å². The highest BCUT2D eigenvalue weighted by molar-refractivity contribution is 6.04. The van der Waals surface area contributed by atoms with Gasteiger partial charge in [0, 0.05) is 18.8 Å². The quantitative estimate of drug-likeness (QED) is 0.307. The Labute approximate surface area is 160 Å². The number of fused-ring (bicyclic) bond motifs is 1. The molecule has 0 bridgehead atoms. The topological polar surface area (TPSA) is 78.9 Å². The van der Waals surface area contributed by atoms with Crippen molar-refractivity contribution >= 4 is 17.9 Å². The summed E-state index contributed by atoms with van der Waals surface area (Å²) < 4.78 is 15.3. The second-order valence-corrected chi connectivity index (χ2v) is 7.03. The summed E-state index contributed by atoms with van der Waals surface area (Å²) in [5.41, 5.74) is 0.396. The lowest BCUT2D eigenvalue weighted by Crippen LogP contribution is -2.47. The first kappa shape index (κ1) is 20.9. The molecular weight excluding hydrogens is 348 g/mol. The highest BCUT2D eigenvalue weighted by atomic mass is 16.5. The highest BCUT2D eigenvalue weighted by Crippen LogP contribution is 2.53. The van der Waals surface area contributed by atoms with E-state index < -0.39 is 35.3 Å². The fourth-order valence-corrected chi connectivity index (χ4v) is 4.09. The molecule has 0 amide bonds. The van der Waals surface area contributed by atoms with Crippen LogP contribution in [0.25, 0.3) is 0 Å². The van der Waals surface area contributed by atoms with Crippen molar-refractivity contribution in [2.75, 3.05) is 14.2 Å². The maximum Gasteiger partial charge on any atom is 0.327 e. The minimum Gasteiger partial charge on any atom is -0.468 e. The molecule has 27 heavy (non-hydrogen) atoms. The second-order valence-electron chi connectivity index (χ2n) is 7.03. The average molecular weight is 376 g/mol. The van der Waals surface area contributed by atoms with Crippen LogP contribution in [0.4, 0.5) is 0 Å². The van der Waals surface area contributed by atoms with Crippen molar-refractivity contribution in [2.24, 2.45) is 17.3 Å². The third kappa shape index (κ3) is 3.84. The number of carbonyl (C=O) groups is 3. The first-order chi connectivity index (χ1) is 12.8. The predicted octanol–water partition coefficient (Wildman–Crippen LogP) is 3.13. The largest absolute Gasteiger partial charge is 0.468 e. The van der Waals surface area contributed by atoms with Crippen molar-refractivity contribution in [3.8, 4) is 0 Å². The Hall–Kier alpha value is -2.37. The van der Waals surface area contributed by atoms with E-state index in [1.165, 1.54) is 21.1 Å². The fourth-order valence-electron chi connectivity index (χ4n) is 4.09. The van der Waals surface area contributed by atoms with Gasteiger partial charge in [-0.15, -0.1) is 0 Å². The molecule has 0 fully saturated rings. The van der Waals surface area contributed by atoms with Gasteiger partial charge in [-0.2, -0.15) is 0 Å². The Morgan fingerprint density at radius 2 is 1.78 bits per heavy atom. The molecule has 2 rings (SSSR count). The summed E-state index contributed by atoms with van der Waals surface area (Å²) in [7, 11) is 2.52. The van der Waals surface area contributed by atoms with E-state index in [1.54, 1.807) is 6.08 Å². The zero-order valence-electron chi connectivity index (χ0n) is 16.6. The molecule has 0 spiro atoms. The number of hydrogen-bond donors (Lipinski definition) is 0. The lowest BCUT2D eigenvalue weighted by Gasteiger charge is -2.36. The van der Waals surface area contributed by atoms with E-state index in [0.717, 1.165) is 24.0 Å². The maximum atomic E-state index is 12.8. The molecule has 148 valence electrons. The van der Waals surface area contributed by atoms with E-state index in [4.69, 9.17) is 14.2 Å². The van der Waals surface area contributed by atoms with E-state index in [1.807, 2.05) is 19.1 Å². The van der Waals surface area contributed by atoms with Crippen molar-refractivity contribution in [1.29, 1.82) is 0 Å². The Balaban J connectivity index is 2.57. The fraction of sp³-hybridized carbons (Fsp3) is 0.571. The molecule has 0 radical (unpaired) electrons. The first-order valence-electron chi connectivity index (χ1n) is 9.24. The van der Waals surface area contributed by atoms with Gasteiger partial charge >= 0.3 is 17.9 Å². The standard InChI is InChI=1S/C21H28O6/c1-6-7-8-13(2)17-12-21(19(23)25-4,20(24)26-5)18-11-15(27-14(3)22)9-10-16(17)18/h8-10,12,15-16,18H,6-7,11H2,1-5H3/b13-8+/t15-,16+,18+/m0/s1. The van der Waals surface area contributed by atoms with Gasteiger partial charge in [0.25, 0.3) is 0 Å². The van der Waals surface area contributed by atoms with Crippen LogP contribution < -0.4 is 0 Å². The summed E-state index contributed by atoms with van der Waals surface area (Å²) in [5, 5.41) is 0. The Morgan fingerprint density at radius 3 is 2.30 bits per heavy atom. The van der Waals surface area contributed by atoms with Crippen LogP contribution in [-0.4, -0.2) is 38.2 Å². The summed E-state index contributed by atoms with van der Waals surface area (Å²) >= 11 is 0. The second kappa shape index (κ2) is 8.55. The van der Waals surface area contributed by atoms with Crippen LogP contribution in [0.3, 0.4) is 0 Å². The summed E-state index contributed by atoms with van der Waals surface area (Å²) in [6, 6.07) is 0. The molecule has 0 aromatic rings. The molecule has 6 heteroatoms. The number of carbonyl (C=O) groups excluding carboxylic acids is 3. The lowest BCUT2D eigenvalue weighted by molar-refractivity contribution is -0.170. The summed E-state index contributed by atoms with van der Waals surface area (Å²) in [5.74, 6) is -2.30. The molecule has 0 aromatic heterocycles. The molecule has 0 aliphatic heterocycles. The van der Waals surface area contributed by atoms with Crippen LogP contribution in [0.5, 0.6) is 0 Å². The van der Waals surface area contributed by atoms with E-state index in [0.29, 0.717) is 6.42 Å². The maximum absolute atomic E-state index is 12.8. The molecule has 0 heterocycles.